The van der Waals surface area contributed by atoms with Crippen molar-refractivity contribution in [2.45, 2.75) is 13.3 Å². The van der Waals surface area contributed by atoms with Crippen LogP contribution in [0.5, 0.6) is 0 Å². The van der Waals surface area contributed by atoms with Gasteiger partial charge < -0.3 is 14.6 Å². The van der Waals surface area contributed by atoms with Gasteiger partial charge in [-0.25, -0.2) is 14.6 Å². The Morgan fingerprint density at radius 3 is 2.53 bits per heavy atom. The first-order chi connectivity index (χ1) is 8.93. The van der Waals surface area contributed by atoms with E-state index in [2.05, 4.69) is 10.1 Å². The van der Waals surface area contributed by atoms with Crippen LogP contribution < -0.4 is 0 Å². The maximum Gasteiger partial charge on any atom is 0.374 e. The third-order valence-electron chi connectivity index (χ3n) is 2.49. The summed E-state index contributed by atoms with van der Waals surface area (Å²) in [4.78, 5) is 25.6. The average molecular weight is 265 g/mol. The number of nitrogens with zero attached hydrogens (tertiary/aromatic N) is 3. The van der Waals surface area contributed by atoms with Gasteiger partial charge in [0.15, 0.2) is 0 Å². The van der Waals surface area contributed by atoms with Gasteiger partial charge in [0.05, 0.1) is 11.3 Å². The second kappa shape index (κ2) is 4.56. The van der Waals surface area contributed by atoms with Crippen molar-refractivity contribution in [3.05, 3.63) is 23.3 Å². The first-order valence-corrected chi connectivity index (χ1v) is 5.44. The minimum atomic E-state index is -1.47. The number of aromatic carboxylic acids is 2. The minimum absolute atomic E-state index is 0.0558. The highest BCUT2D eigenvalue weighted by atomic mass is 16.4. The SMILES string of the molecule is CCc1nn(C)cc1-c1nc(C(=O)O)c(C(=O)O)o1. The van der Waals surface area contributed by atoms with E-state index in [-0.39, 0.29) is 5.89 Å². The summed E-state index contributed by atoms with van der Waals surface area (Å²) in [6, 6.07) is 0. The van der Waals surface area contributed by atoms with Gasteiger partial charge in [0, 0.05) is 13.2 Å². The summed E-state index contributed by atoms with van der Waals surface area (Å²) in [6.45, 7) is 1.87. The van der Waals surface area contributed by atoms with Gasteiger partial charge >= 0.3 is 11.9 Å². The van der Waals surface area contributed by atoms with Crippen molar-refractivity contribution in [2.24, 2.45) is 7.05 Å². The number of carboxylic acids is 2. The fraction of sp³-hybridized carbons (Fsp3) is 0.273. The second-order valence-corrected chi connectivity index (χ2v) is 3.82. The van der Waals surface area contributed by atoms with E-state index < -0.39 is 23.4 Å². The van der Waals surface area contributed by atoms with Crippen LogP contribution in [0, 0.1) is 0 Å². The molecule has 100 valence electrons. The van der Waals surface area contributed by atoms with Gasteiger partial charge in [-0.1, -0.05) is 6.92 Å². The van der Waals surface area contributed by atoms with E-state index in [1.807, 2.05) is 6.92 Å². The summed E-state index contributed by atoms with van der Waals surface area (Å²) in [5, 5.41) is 21.9. The van der Waals surface area contributed by atoms with Gasteiger partial charge in [-0.05, 0) is 6.42 Å². The number of carboxylic acid groups (broad SMARTS) is 2. The summed E-state index contributed by atoms with van der Waals surface area (Å²) in [5.74, 6) is -3.67. The number of hydrogen-bond acceptors (Lipinski definition) is 5. The Kier molecular flexibility index (Phi) is 3.07. The highest BCUT2D eigenvalue weighted by molar-refractivity contribution is 5.98. The molecule has 0 aliphatic carbocycles. The fourth-order valence-electron chi connectivity index (χ4n) is 1.70. The Hall–Kier alpha value is -2.64. The van der Waals surface area contributed by atoms with Crippen molar-refractivity contribution < 1.29 is 24.2 Å². The first-order valence-electron chi connectivity index (χ1n) is 5.44. The largest absolute Gasteiger partial charge is 0.476 e. The van der Waals surface area contributed by atoms with Crippen LogP contribution in [0.3, 0.4) is 0 Å². The Bertz CT molecular complexity index is 624. The Morgan fingerprint density at radius 1 is 1.37 bits per heavy atom. The Morgan fingerprint density at radius 2 is 2.05 bits per heavy atom. The third-order valence-corrected chi connectivity index (χ3v) is 2.49. The predicted octanol–water partition coefficient (Wildman–Crippen LogP) is 1.03. The molecule has 0 spiro atoms. The fourth-order valence-corrected chi connectivity index (χ4v) is 1.70. The molecule has 0 aliphatic rings. The molecular weight excluding hydrogens is 254 g/mol. The monoisotopic (exact) mass is 265 g/mol. The van der Waals surface area contributed by atoms with Crippen LogP contribution in [0.25, 0.3) is 11.5 Å². The molecule has 2 rings (SSSR count). The van der Waals surface area contributed by atoms with Gasteiger partial charge in [0.1, 0.15) is 0 Å². The molecule has 19 heavy (non-hydrogen) atoms. The van der Waals surface area contributed by atoms with Crippen LogP contribution in [0.1, 0.15) is 33.7 Å². The standard InChI is InChI=1S/C11H11N3O5/c1-3-6-5(4-14(2)13-6)9-12-7(10(15)16)8(19-9)11(17)18/h4H,3H2,1-2H3,(H,15,16)(H,17,18). The highest BCUT2D eigenvalue weighted by Gasteiger charge is 2.26. The molecule has 0 atom stereocenters. The van der Waals surface area contributed by atoms with Gasteiger partial charge in [0.2, 0.25) is 17.3 Å². The molecule has 0 bridgehead atoms. The number of aromatic nitrogens is 3. The van der Waals surface area contributed by atoms with Crippen LogP contribution >= 0.6 is 0 Å². The molecular formula is C11H11N3O5. The van der Waals surface area contributed by atoms with E-state index in [9.17, 15) is 9.59 Å². The van der Waals surface area contributed by atoms with E-state index in [4.69, 9.17) is 14.6 Å². The number of aryl methyl sites for hydroxylation is 2. The summed E-state index contributed by atoms with van der Waals surface area (Å²) < 4.78 is 6.56. The third kappa shape index (κ3) is 2.19. The smallest absolute Gasteiger partial charge is 0.374 e. The van der Waals surface area contributed by atoms with Crippen molar-refractivity contribution in [3.63, 3.8) is 0 Å². The van der Waals surface area contributed by atoms with Crippen molar-refractivity contribution >= 4 is 11.9 Å². The molecule has 0 saturated carbocycles. The first kappa shape index (κ1) is 12.8. The molecule has 2 aromatic rings. The van der Waals surface area contributed by atoms with E-state index in [0.717, 1.165) is 0 Å². The highest BCUT2D eigenvalue weighted by Crippen LogP contribution is 2.25. The molecule has 0 radical (unpaired) electrons. The van der Waals surface area contributed by atoms with Gasteiger partial charge in [0.25, 0.3) is 0 Å². The lowest BCUT2D eigenvalue weighted by molar-refractivity contribution is 0.0624. The average Bonchev–Trinajstić information content (AvgIpc) is 2.91. The minimum Gasteiger partial charge on any atom is -0.476 e. The lowest BCUT2D eigenvalue weighted by Gasteiger charge is -1.92. The number of hydrogen-bond donors (Lipinski definition) is 2. The summed E-state index contributed by atoms with van der Waals surface area (Å²) >= 11 is 0. The molecule has 0 saturated heterocycles. The van der Waals surface area contributed by atoms with E-state index in [0.29, 0.717) is 17.7 Å². The Labute approximate surface area is 107 Å². The molecule has 2 aromatic heterocycles. The molecule has 0 aromatic carbocycles. The normalized spacial score (nSPS) is 10.6. The van der Waals surface area contributed by atoms with Crippen molar-refractivity contribution in [3.8, 4) is 11.5 Å². The van der Waals surface area contributed by atoms with Crippen molar-refractivity contribution in [1.82, 2.24) is 14.8 Å². The van der Waals surface area contributed by atoms with Gasteiger partial charge in [-0.2, -0.15) is 5.10 Å². The van der Waals surface area contributed by atoms with Crippen LogP contribution in [-0.4, -0.2) is 36.9 Å². The summed E-state index contributed by atoms with van der Waals surface area (Å²) in [6.07, 6.45) is 2.19. The molecule has 2 heterocycles. The molecule has 2 N–H and O–H groups in total. The van der Waals surface area contributed by atoms with Crippen LogP contribution in [0.4, 0.5) is 0 Å². The molecule has 8 nitrogen and oxygen atoms in total. The molecule has 0 fully saturated rings. The van der Waals surface area contributed by atoms with E-state index >= 15 is 0 Å². The molecule has 0 aliphatic heterocycles. The lowest BCUT2D eigenvalue weighted by Crippen LogP contribution is -2.05. The van der Waals surface area contributed by atoms with Crippen LogP contribution in [-0.2, 0) is 13.5 Å². The quantitative estimate of drug-likeness (QED) is 0.847. The predicted molar refractivity (Wildman–Crippen MR) is 62.0 cm³/mol. The zero-order valence-electron chi connectivity index (χ0n) is 10.2. The lowest BCUT2D eigenvalue weighted by atomic mass is 10.2. The second-order valence-electron chi connectivity index (χ2n) is 3.82. The maximum absolute atomic E-state index is 10.9. The maximum atomic E-state index is 10.9. The van der Waals surface area contributed by atoms with Crippen molar-refractivity contribution in [1.29, 1.82) is 0 Å². The van der Waals surface area contributed by atoms with E-state index in [1.54, 1.807) is 13.2 Å². The number of oxazole rings is 1. The number of rotatable bonds is 4. The van der Waals surface area contributed by atoms with Crippen molar-refractivity contribution in [2.75, 3.05) is 0 Å². The molecule has 8 heteroatoms. The molecule has 0 unspecified atom stereocenters. The van der Waals surface area contributed by atoms with Gasteiger partial charge in [-0.15, -0.1) is 0 Å². The Balaban J connectivity index is 2.60. The van der Waals surface area contributed by atoms with E-state index in [1.165, 1.54) is 4.68 Å². The summed E-state index contributed by atoms with van der Waals surface area (Å²) in [5.41, 5.74) is 0.519. The topological polar surface area (TPSA) is 118 Å². The van der Waals surface area contributed by atoms with Crippen LogP contribution in [0.15, 0.2) is 10.6 Å². The zero-order valence-corrected chi connectivity index (χ0v) is 10.2. The number of carbonyl (C=O) groups is 2. The summed E-state index contributed by atoms with van der Waals surface area (Å²) in [7, 11) is 1.70. The molecule has 0 amide bonds. The van der Waals surface area contributed by atoms with Gasteiger partial charge in [-0.3, -0.25) is 4.68 Å². The van der Waals surface area contributed by atoms with Crippen LogP contribution in [0.2, 0.25) is 0 Å². The zero-order chi connectivity index (χ0) is 14.2.